The lowest BCUT2D eigenvalue weighted by Crippen LogP contribution is -2.52. The van der Waals surface area contributed by atoms with Gasteiger partial charge in [0, 0.05) is 6.42 Å². The van der Waals surface area contributed by atoms with Gasteiger partial charge in [0.2, 0.25) is 11.8 Å². The Morgan fingerprint density at radius 3 is 2.12 bits per heavy atom. The molecular formula is C13H8F4N2O4S. The van der Waals surface area contributed by atoms with E-state index in [0.717, 1.165) is 0 Å². The number of thiocarbonyl (C=S) groups is 1. The zero-order valence-electron chi connectivity index (χ0n) is 11.6. The largest absolute Gasteiger partial charge is 0.478 e. The fourth-order valence-corrected chi connectivity index (χ4v) is 2.44. The summed E-state index contributed by atoms with van der Waals surface area (Å²) in [5.74, 6) is -12.1. The third-order valence-electron chi connectivity index (χ3n) is 3.25. The monoisotopic (exact) mass is 364 g/mol. The molecule has 3 N–H and O–H groups in total. The summed E-state index contributed by atoms with van der Waals surface area (Å²) < 4.78 is 54.1. The molecule has 2 amide bonds. The van der Waals surface area contributed by atoms with Crippen LogP contribution in [0.3, 0.4) is 0 Å². The maximum Gasteiger partial charge on any atom is 0.339 e. The number of imide groups is 1. The predicted octanol–water partition coefficient (Wildman–Crippen LogP) is 1.01. The average Bonchev–Trinajstić information content (AvgIpc) is 2.50. The Morgan fingerprint density at radius 1 is 1.08 bits per heavy atom. The van der Waals surface area contributed by atoms with Crippen molar-refractivity contribution in [1.82, 2.24) is 10.6 Å². The summed E-state index contributed by atoms with van der Waals surface area (Å²) in [5.41, 5.74) is -2.73. The number of piperidine rings is 1. The minimum absolute atomic E-state index is 0.0546. The third-order valence-corrected chi connectivity index (χ3v) is 3.57. The highest BCUT2D eigenvalue weighted by Crippen LogP contribution is 2.25. The van der Waals surface area contributed by atoms with Crippen LogP contribution in [0.15, 0.2) is 0 Å². The zero-order chi connectivity index (χ0) is 18.2. The minimum atomic E-state index is -2.29. The van der Waals surface area contributed by atoms with E-state index in [4.69, 9.17) is 17.3 Å². The second-order valence-corrected chi connectivity index (χ2v) is 5.20. The molecular weight excluding hydrogens is 356 g/mol. The van der Waals surface area contributed by atoms with E-state index in [1.165, 1.54) is 0 Å². The first kappa shape index (κ1) is 17.8. The van der Waals surface area contributed by atoms with Crippen LogP contribution in [-0.2, 0) is 9.59 Å². The number of halogens is 4. The first-order valence-electron chi connectivity index (χ1n) is 6.39. The van der Waals surface area contributed by atoms with Gasteiger partial charge in [-0.3, -0.25) is 14.9 Å². The standard InChI is InChI=1S/C13H8F4N2O4S/c14-7-5(6(13(22)23)8(15)10(17)9(7)16)12(24)18-3-1-2-4(20)19-11(3)21/h3H,1-2H2,(H,18,24)(H,22,23)(H,19,20,21). The first-order valence-corrected chi connectivity index (χ1v) is 6.79. The van der Waals surface area contributed by atoms with E-state index in [9.17, 15) is 31.9 Å². The molecule has 128 valence electrons. The van der Waals surface area contributed by atoms with Crippen molar-refractivity contribution in [2.45, 2.75) is 18.9 Å². The Labute approximate surface area is 136 Å². The first-order chi connectivity index (χ1) is 11.1. The molecule has 1 saturated heterocycles. The predicted molar refractivity (Wildman–Crippen MR) is 74.2 cm³/mol. The summed E-state index contributed by atoms with van der Waals surface area (Å²) in [6, 6.07) is -1.15. The van der Waals surface area contributed by atoms with Gasteiger partial charge in [0.15, 0.2) is 23.3 Å². The maximum absolute atomic E-state index is 13.9. The van der Waals surface area contributed by atoms with Gasteiger partial charge in [-0.05, 0) is 6.42 Å². The molecule has 1 aliphatic rings. The van der Waals surface area contributed by atoms with Crippen LogP contribution in [0.2, 0.25) is 0 Å². The van der Waals surface area contributed by atoms with Crippen LogP contribution in [0.1, 0.15) is 28.8 Å². The van der Waals surface area contributed by atoms with Crippen LogP contribution in [0.5, 0.6) is 0 Å². The number of nitrogens with one attached hydrogen (secondary N) is 2. The zero-order valence-corrected chi connectivity index (χ0v) is 12.4. The van der Waals surface area contributed by atoms with Crippen molar-refractivity contribution in [2.75, 3.05) is 0 Å². The normalized spacial score (nSPS) is 17.4. The highest BCUT2D eigenvalue weighted by molar-refractivity contribution is 7.80. The van der Waals surface area contributed by atoms with Gasteiger partial charge in [-0.25, -0.2) is 22.4 Å². The summed E-state index contributed by atoms with van der Waals surface area (Å²) in [5, 5.41) is 13.1. The molecule has 2 rings (SSSR count). The molecule has 0 bridgehead atoms. The number of carboxylic acid groups (broad SMARTS) is 1. The molecule has 6 nitrogen and oxygen atoms in total. The van der Waals surface area contributed by atoms with Gasteiger partial charge >= 0.3 is 5.97 Å². The molecule has 24 heavy (non-hydrogen) atoms. The quantitative estimate of drug-likeness (QED) is 0.244. The lowest BCUT2D eigenvalue weighted by molar-refractivity contribution is -0.134. The van der Waals surface area contributed by atoms with Gasteiger partial charge in [-0.15, -0.1) is 0 Å². The van der Waals surface area contributed by atoms with Gasteiger partial charge in [0.1, 0.15) is 16.6 Å². The van der Waals surface area contributed by atoms with E-state index in [-0.39, 0.29) is 12.8 Å². The van der Waals surface area contributed by atoms with Crippen molar-refractivity contribution in [3.8, 4) is 0 Å². The van der Waals surface area contributed by atoms with E-state index < -0.39 is 63.2 Å². The summed E-state index contributed by atoms with van der Waals surface area (Å²) in [6.45, 7) is 0. The van der Waals surface area contributed by atoms with E-state index in [1.807, 2.05) is 5.32 Å². The van der Waals surface area contributed by atoms with E-state index in [1.54, 1.807) is 0 Å². The summed E-state index contributed by atoms with van der Waals surface area (Å²) in [6.07, 6.45) is -0.132. The Morgan fingerprint density at radius 2 is 1.62 bits per heavy atom. The van der Waals surface area contributed by atoms with Crippen molar-refractivity contribution in [3.05, 3.63) is 34.4 Å². The highest BCUT2D eigenvalue weighted by Gasteiger charge is 2.33. The number of rotatable bonds is 3. The van der Waals surface area contributed by atoms with Crippen LogP contribution in [0, 0.1) is 23.3 Å². The van der Waals surface area contributed by atoms with Crippen molar-refractivity contribution in [1.29, 1.82) is 0 Å². The molecule has 11 heteroatoms. The van der Waals surface area contributed by atoms with Crippen LogP contribution < -0.4 is 10.6 Å². The summed E-state index contributed by atoms with van der Waals surface area (Å²) in [4.78, 5) is 32.9. The number of hydrogen-bond donors (Lipinski definition) is 3. The molecule has 1 heterocycles. The Hall–Kier alpha value is -2.56. The Kier molecular flexibility index (Phi) is 4.83. The second kappa shape index (κ2) is 6.51. The topological polar surface area (TPSA) is 95.5 Å². The van der Waals surface area contributed by atoms with Crippen LogP contribution >= 0.6 is 12.2 Å². The van der Waals surface area contributed by atoms with Crippen molar-refractivity contribution in [3.63, 3.8) is 0 Å². The Bertz CT molecular complexity index is 784. The molecule has 1 unspecified atom stereocenters. The van der Waals surface area contributed by atoms with Gasteiger partial charge < -0.3 is 10.4 Å². The van der Waals surface area contributed by atoms with E-state index in [2.05, 4.69) is 5.32 Å². The van der Waals surface area contributed by atoms with Crippen molar-refractivity contribution < 1.29 is 37.1 Å². The molecule has 0 spiro atoms. The summed E-state index contributed by atoms with van der Waals surface area (Å²) >= 11 is 4.71. The maximum atomic E-state index is 13.9. The van der Waals surface area contributed by atoms with Crippen molar-refractivity contribution >= 4 is 35.0 Å². The van der Waals surface area contributed by atoms with Crippen molar-refractivity contribution in [2.24, 2.45) is 0 Å². The number of carbonyl (C=O) groups is 3. The Balaban J connectivity index is 2.44. The van der Waals surface area contributed by atoms with Crippen LogP contribution in [0.4, 0.5) is 17.6 Å². The molecule has 1 aromatic carbocycles. The number of amides is 2. The van der Waals surface area contributed by atoms with Gasteiger partial charge in [0.25, 0.3) is 0 Å². The molecule has 0 aromatic heterocycles. The van der Waals surface area contributed by atoms with Crippen LogP contribution in [0.25, 0.3) is 0 Å². The van der Waals surface area contributed by atoms with Gasteiger partial charge in [-0.2, -0.15) is 0 Å². The fourth-order valence-electron chi connectivity index (χ4n) is 2.11. The smallest absolute Gasteiger partial charge is 0.339 e. The molecule has 0 saturated carbocycles. The number of benzene rings is 1. The number of aromatic carboxylic acids is 1. The summed E-state index contributed by atoms with van der Waals surface area (Å²) in [7, 11) is 0. The average molecular weight is 364 g/mol. The molecule has 1 fully saturated rings. The number of hydrogen-bond acceptors (Lipinski definition) is 4. The molecule has 0 aliphatic carbocycles. The number of carbonyl (C=O) groups excluding carboxylic acids is 2. The molecule has 1 aromatic rings. The van der Waals surface area contributed by atoms with Gasteiger partial charge in [-0.1, -0.05) is 12.2 Å². The lowest BCUT2D eigenvalue weighted by atomic mass is 10.0. The lowest BCUT2D eigenvalue weighted by Gasteiger charge is -2.23. The van der Waals surface area contributed by atoms with Crippen LogP contribution in [-0.4, -0.2) is 33.9 Å². The fraction of sp³-hybridized carbons (Fsp3) is 0.231. The molecule has 1 atom stereocenters. The second-order valence-electron chi connectivity index (χ2n) is 4.79. The van der Waals surface area contributed by atoms with E-state index >= 15 is 0 Å². The molecule has 1 aliphatic heterocycles. The number of carboxylic acids is 1. The molecule has 0 radical (unpaired) electrons. The SMILES string of the molecule is O=C1CCC(NC(=S)c2c(F)c(F)c(F)c(F)c2C(=O)O)C(=O)N1. The highest BCUT2D eigenvalue weighted by atomic mass is 32.1. The minimum Gasteiger partial charge on any atom is -0.478 e. The third kappa shape index (κ3) is 3.07. The van der Waals surface area contributed by atoms with Gasteiger partial charge in [0.05, 0.1) is 5.56 Å². The van der Waals surface area contributed by atoms with E-state index in [0.29, 0.717) is 0 Å².